The van der Waals surface area contributed by atoms with Gasteiger partial charge >= 0.3 is 0 Å². The van der Waals surface area contributed by atoms with E-state index in [4.69, 9.17) is 9.97 Å². The van der Waals surface area contributed by atoms with Gasteiger partial charge < -0.3 is 0 Å². The first kappa shape index (κ1) is 32.7. The van der Waals surface area contributed by atoms with Crippen molar-refractivity contribution in [3.8, 4) is 28.3 Å². The van der Waals surface area contributed by atoms with Crippen LogP contribution in [-0.4, -0.2) is 14.5 Å². The van der Waals surface area contributed by atoms with Gasteiger partial charge in [-0.25, -0.2) is 9.97 Å². The van der Waals surface area contributed by atoms with E-state index in [1.165, 1.54) is 70.4 Å². The Balaban J connectivity index is 1.15. The SMILES string of the molecule is c1ccc(C2(c3ccccc3)c3ccccc3-c3ccc(-c4nc(-n5c6cc7ccccc7cc6c6c7ccccc7ccc65)nc5c4sc4ccccc45)cc32)cc1. The molecule has 13 rings (SSSR count). The third-order valence-corrected chi connectivity index (χ3v) is 13.8. The van der Waals surface area contributed by atoms with Crippen LogP contribution in [0, 0.1) is 0 Å². The van der Waals surface area contributed by atoms with Gasteiger partial charge in [0.05, 0.1) is 32.4 Å². The van der Waals surface area contributed by atoms with Crippen molar-refractivity contribution in [2.24, 2.45) is 0 Å². The van der Waals surface area contributed by atoms with E-state index in [9.17, 15) is 0 Å². The molecule has 0 spiro atoms. The monoisotopic (exact) mass is 767 g/mol. The van der Waals surface area contributed by atoms with Gasteiger partial charge in [0, 0.05) is 26.4 Å². The lowest BCUT2D eigenvalue weighted by molar-refractivity contribution is 0.768. The maximum atomic E-state index is 5.70. The van der Waals surface area contributed by atoms with Crippen LogP contribution >= 0.6 is 11.3 Å². The zero-order valence-electron chi connectivity index (χ0n) is 31.8. The molecule has 0 aliphatic heterocycles. The van der Waals surface area contributed by atoms with E-state index in [0.29, 0.717) is 5.95 Å². The second-order valence-corrected chi connectivity index (χ2v) is 16.7. The first-order chi connectivity index (χ1) is 29.3. The second kappa shape index (κ2) is 12.3. The quantitative estimate of drug-likeness (QED) is 0.179. The van der Waals surface area contributed by atoms with E-state index in [1.807, 2.05) is 0 Å². The molecule has 59 heavy (non-hydrogen) atoms. The number of fused-ring (bicyclic) bond motifs is 12. The van der Waals surface area contributed by atoms with Gasteiger partial charge in [0.25, 0.3) is 0 Å². The maximum absolute atomic E-state index is 5.70. The lowest BCUT2D eigenvalue weighted by atomic mass is 9.67. The summed E-state index contributed by atoms with van der Waals surface area (Å²) in [4.78, 5) is 11.2. The van der Waals surface area contributed by atoms with Crippen LogP contribution in [0.15, 0.2) is 200 Å². The molecule has 274 valence electrons. The molecule has 0 bridgehead atoms. The lowest BCUT2D eigenvalue weighted by Gasteiger charge is -2.34. The van der Waals surface area contributed by atoms with Crippen molar-refractivity contribution < 1.29 is 0 Å². The Bertz CT molecular complexity index is 3630. The summed E-state index contributed by atoms with van der Waals surface area (Å²) in [7, 11) is 0. The number of nitrogens with zero attached hydrogens (tertiary/aromatic N) is 3. The largest absolute Gasteiger partial charge is 0.278 e. The van der Waals surface area contributed by atoms with Crippen molar-refractivity contribution in [1.82, 2.24) is 14.5 Å². The van der Waals surface area contributed by atoms with Gasteiger partial charge in [0.15, 0.2) is 0 Å². The Morgan fingerprint density at radius 2 is 1.08 bits per heavy atom. The van der Waals surface area contributed by atoms with Crippen LogP contribution in [0.25, 0.3) is 92.0 Å². The number of benzene rings is 9. The highest BCUT2D eigenvalue weighted by molar-refractivity contribution is 7.26. The predicted octanol–water partition coefficient (Wildman–Crippen LogP) is 14.3. The summed E-state index contributed by atoms with van der Waals surface area (Å²) in [6.45, 7) is 0. The smallest absolute Gasteiger partial charge is 0.235 e. The van der Waals surface area contributed by atoms with Crippen LogP contribution in [0.1, 0.15) is 22.3 Å². The highest BCUT2D eigenvalue weighted by Gasteiger charge is 2.46. The average Bonchev–Trinajstić information content (AvgIpc) is 3.94. The van der Waals surface area contributed by atoms with E-state index in [0.717, 1.165) is 37.9 Å². The normalized spacial score (nSPS) is 13.2. The van der Waals surface area contributed by atoms with E-state index in [2.05, 4.69) is 205 Å². The zero-order chi connectivity index (χ0) is 38.7. The molecule has 0 saturated carbocycles. The molecule has 1 aliphatic carbocycles. The summed E-state index contributed by atoms with van der Waals surface area (Å²) in [5.74, 6) is 0.669. The molecule has 0 amide bonds. The van der Waals surface area contributed by atoms with Crippen molar-refractivity contribution in [3.05, 3.63) is 222 Å². The first-order valence-electron chi connectivity index (χ1n) is 20.2. The van der Waals surface area contributed by atoms with Crippen LogP contribution in [0.3, 0.4) is 0 Å². The summed E-state index contributed by atoms with van der Waals surface area (Å²) < 4.78 is 4.60. The second-order valence-electron chi connectivity index (χ2n) is 15.7. The molecule has 4 heteroatoms. The summed E-state index contributed by atoms with van der Waals surface area (Å²) in [5, 5.41) is 8.40. The first-order valence-corrected chi connectivity index (χ1v) is 21.0. The molecule has 12 aromatic rings. The minimum atomic E-state index is -0.519. The van der Waals surface area contributed by atoms with Crippen molar-refractivity contribution in [3.63, 3.8) is 0 Å². The molecule has 0 atom stereocenters. The Kier molecular flexibility index (Phi) is 6.81. The summed E-state index contributed by atoms with van der Waals surface area (Å²) in [5.41, 5.74) is 12.2. The zero-order valence-corrected chi connectivity index (χ0v) is 32.6. The Morgan fingerprint density at radius 3 is 1.88 bits per heavy atom. The van der Waals surface area contributed by atoms with Gasteiger partial charge in [0.1, 0.15) is 0 Å². The molecule has 9 aromatic carbocycles. The molecular weight excluding hydrogens is 735 g/mol. The van der Waals surface area contributed by atoms with E-state index < -0.39 is 5.41 Å². The molecule has 0 saturated heterocycles. The molecule has 0 N–H and O–H groups in total. The standard InChI is InChI=1S/C55H33N3S/c1-3-18-38(19-4-1)55(39-20-5-2-6-21-39)45-25-13-11-23-41(45)42-29-27-37(32-46(42)55)51-53-52(43-24-12-14-26-49(43)59-53)57-54(56-51)58-47-30-28-34-15-9-10-22-40(34)50(47)44-31-35-16-7-8-17-36(35)33-48(44)58/h1-33H. The molecule has 3 aromatic heterocycles. The van der Waals surface area contributed by atoms with E-state index >= 15 is 0 Å². The van der Waals surface area contributed by atoms with Crippen LogP contribution in [0.4, 0.5) is 0 Å². The summed E-state index contributed by atoms with van der Waals surface area (Å²) >= 11 is 1.78. The number of hydrogen-bond donors (Lipinski definition) is 0. The lowest BCUT2D eigenvalue weighted by Crippen LogP contribution is -2.28. The van der Waals surface area contributed by atoms with Gasteiger partial charge in [-0.05, 0) is 85.3 Å². The van der Waals surface area contributed by atoms with Crippen LogP contribution in [0.5, 0.6) is 0 Å². The van der Waals surface area contributed by atoms with Gasteiger partial charge in [-0.2, -0.15) is 0 Å². The van der Waals surface area contributed by atoms with Crippen molar-refractivity contribution in [1.29, 1.82) is 0 Å². The van der Waals surface area contributed by atoms with Crippen LogP contribution in [-0.2, 0) is 5.41 Å². The predicted molar refractivity (Wildman–Crippen MR) is 247 cm³/mol. The molecule has 0 unspecified atom stereocenters. The van der Waals surface area contributed by atoms with E-state index in [-0.39, 0.29) is 0 Å². The molecular formula is C55H33N3S. The van der Waals surface area contributed by atoms with E-state index in [1.54, 1.807) is 11.3 Å². The summed E-state index contributed by atoms with van der Waals surface area (Å²) in [6.07, 6.45) is 0. The third-order valence-electron chi connectivity index (χ3n) is 12.7. The van der Waals surface area contributed by atoms with Crippen molar-refractivity contribution in [2.75, 3.05) is 0 Å². The molecule has 3 heterocycles. The molecule has 0 fully saturated rings. The van der Waals surface area contributed by atoms with Crippen LogP contribution < -0.4 is 0 Å². The summed E-state index contributed by atoms with van der Waals surface area (Å²) in [6, 6.07) is 73.2. The number of rotatable bonds is 4. The average molecular weight is 768 g/mol. The highest BCUT2D eigenvalue weighted by Crippen LogP contribution is 2.57. The fourth-order valence-electron chi connectivity index (χ4n) is 10.2. The fraction of sp³-hybridized carbons (Fsp3) is 0.0182. The Hall–Kier alpha value is -7.40. The number of hydrogen-bond acceptors (Lipinski definition) is 3. The topological polar surface area (TPSA) is 30.7 Å². The van der Waals surface area contributed by atoms with Crippen LogP contribution in [0.2, 0.25) is 0 Å². The number of aromatic nitrogens is 3. The minimum absolute atomic E-state index is 0.519. The number of thiophene rings is 1. The van der Waals surface area contributed by atoms with Gasteiger partial charge in [0.2, 0.25) is 5.95 Å². The third kappa shape index (κ3) is 4.52. The molecule has 1 aliphatic rings. The van der Waals surface area contributed by atoms with Gasteiger partial charge in [-0.1, -0.05) is 170 Å². The molecule has 0 radical (unpaired) electrons. The fourth-order valence-corrected chi connectivity index (χ4v) is 11.3. The Morgan fingerprint density at radius 1 is 0.441 bits per heavy atom. The highest BCUT2D eigenvalue weighted by atomic mass is 32.1. The van der Waals surface area contributed by atoms with Gasteiger partial charge in [-0.15, -0.1) is 11.3 Å². The maximum Gasteiger partial charge on any atom is 0.235 e. The minimum Gasteiger partial charge on any atom is -0.278 e. The Labute approximate surface area is 344 Å². The van der Waals surface area contributed by atoms with Crippen molar-refractivity contribution >= 4 is 75.0 Å². The van der Waals surface area contributed by atoms with Gasteiger partial charge in [-0.3, -0.25) is 4.57 Å². The molecule has 3 nitrogen and oxygen atoms in total. The van der Waals surface area contributed by atoms with Crippen molar-refractivity contribution in [2.45, 2.75) is 5.41 Å².